The van der Waals surface area contributed by atoms with Gasteiger partial charge < -0.3 is 19.3 Å². The predicted octanol–water partition coefficient (Wildman–Crippen LogP) is 1.48. The van der Waals surface area contributed by atoms with Crippen molar-refractivity contribution in [3.63, 3.8) is 0 Å². The van der Waals surface area contributed by atoms with Crippen LogP contribution >= 0.6 is 0 Å². The van der Waals surface area contributed by atoms with Crippen molar-refractivity contribution in [2.45, 2.75) is 19.9 Å². The van der Waals surface area contributed by atoms with Gasteiger partial charge in [-0.25, -0.2) is 0 Å². The number of hydrogen-bond donors (Lipinski definition) is 0. The normalized spacial score (nSPS) is 16.3. The third-order valence-corrected chi connectivity index (χ3v) is 4.96. The number of hydrogen-bond acceptors (Lipinski definition) is 5. The summed E-state index contributed by atoms with van der Waals surface area (Å²) in [6.45, 7) is 10.3. The van der Waals surface area contributed by atoms with E-state index in [-0.39, 0.29) is 18.6 Å². The lowest BCUT2D eigenvalue weighted by atomic mass is 10.1. The first kappa shape index (κ1) is 19.2. The van der Waals surface area contributed by atoms with E-state index in [1.165, 1.54) is 12.5 Å². The van der Waals surface area contributed by atoms with Gasteiger partial charge in [-0.1, -0.05) is 12.1 Å². The van der Waals surface area contributed by atoms with Crippen molar-refractivity contribution in [2.75, 3.05) is 46.1 Å². The number of piperazine rings is 1. The van der Waals surface area contributed by atoms with Gasteiger partial charge in [0.25, 0.3) is 0 Å². The molecule has 0 N–H and O–H groups in total. The second-order valence-electron chi connectivity index (χ2n) is 6.85. The number of amides is 2. The lowest BCUT2D eigenvalue weighted by molar-refractivity contribution is -0.134. The Balaban J connectivity index is 1.43. The van der Waals surface area contributed by atoms with Crippen LogP contribution in [-0.2, 0) is 16.1 Å². The van der Waals surface area contributed by atoms with Crippen LogP contribution in [0.25, 0.3) is 0 Å². The van der Waals surface area contributed by atoms with Gasteiger partial charge in [-0.3, -0.25) is 14.5 Å². The van der Waals surface area contributed by atoms with Gasteiger partial charge in [0.1, 0.15) is 0 Å². The Morgan fingerprint density at radius 3 is 2.63 bits per heavy atom. The quantitative estimate of drug-likeness (QED) is 0.678. The molecule has 1 aromatic carbocycles. The molecule has 0 aliphatic carbocycles. The minimum atomic E-state index is -0.0313. The predicted molar refractivity (Wildman–Crippen MR) is 101 cm³/mol. The first-order chi connectivity index (χ1) is 13.1. The van der Waals surface area contributed by atoms with Crippen LogP contribution in [0.15, 0.2) is 30.9 Å². The minimum Gasteiger partial charge on any atom is -0.454 e. The minimum absolute atomic E-state index is 0.0313. The third-order valence-electron chi connectivity index (χ3n) is 4.96. The molecule has 0 aromatic heterocycles. The summed E-state index contributed by atoms with van der Waals surface area (Å²) in [6.07, 6.45) is 2.04. The molecule has 0 radical (unpaired) electrons. The molecule has 0 bridgehead atoms. The summed E-state index contributed by atoms with van der Waals surface area (Å²) in [5, 5.41) is 0. The van der Waals surface area contributed by atoms with Crippen molar-refractivity contribution in [3.05, 3.63) is 36.4 Å². The Bertz CT molecular complexity index is 698. The lowest BCUT2D eigenvalue weighted by Crippen LogP contribution is -2.48. The molecule has 0 spiro atoms. The molecule has 0 saturated carbocycles. The molecule has 0 unspecified atom stereocenters. The molecule has 27 heavy (non-hydrogen) atoms. The second kappa shape index (κ2) is 8.90. The number of benzene rings is 1. The van der Waals surface area contributed by atoms with E-state index >= 15 is 0 Å². The van der Waals surface area contributed by atoms with Gasteiger partial charge in [0.15, 0.2) is 11.5 Å². The number of carbonyl (C=O) groups is 2. The largest absolute Gasteiger partial charge is 0.454 e. The standard InChI is InChI=1S/C20H27N3O4/c1-3-7-22(16(2)24)8-6-20(25)23-11-9-21(10-12-23)14-17-4-5-18-19(13-17)27-15-26-18/h3-5,13H,1,6-12,14-15H2,2H3. The van der Waals surface area contributed by atoms with Gasteiger partial charge in [-0.05, 0) is 17.7 Å². The molecular weight excluding hydrogens is 346 g/mol. The monoisotopic (exact) mass is 373 g/mol. The van der Waals surface area contributed by atoms with Crippen molar-refractivity contribution < 1.29 is 19.1 Å². The lowest BCUT2D eigenvalue weighted by Gasteiger charge is -2.35. The number of fused-ring (bicyclic) bond motifs is 1. The van der Waals surface area contributed by atoms with Gasteiger partial charge in [-0.15, -0.1) is 6.58 Å². The fourth-order valence-electron chi connectivity index (χ4n) is 3.37. The maximum absolute atomic E-state index is 12.4. The summed E-state index contributed by atoms with van der Waals surface area (Å²) < 4.78 is 10.8. The molecular formula is C20H27N3O4. The van der Waals surface area contributed by atoms with Crippen molar-refractivity contribution >= 4 is 11.8 Å². The second-order valence-corrected chi connectivity index (χ2v) is 6.85. The molecule has 0 atom stereocenters. The van der Waals surface area contributed by atoms with E-state index in [1.54, 1.807) is 11.0 Å². The van der Waals surface area contributed by atoms with Crippen LogP contribution in [-0.4, -0.2) is 72.6 Å². The van der Waals surface area contributed by atoms with Crippen molar-refractivity contribution in [1.29, 1.82) is 0 Å². The third kappa shape index (κ3) is 5.01. The van der Waals surface area contributed by atoms with Crippen molar-refractivity contribution in [2.24, 2.45) is 0 Å². The topological polar surface area (TPSA) is 62.3 Å². The molecule has 7 nitrogen and oxygen atoms in total. The first-order valence-corrected chi connectivity index (χ1v) is 9.32. The van der Waals surface area contributed by atoms with Crippen LogP contribution in [0, 0.1) is 0 Å². The molecule has 3 rings (SSSR count). The fourth-order valence-corrected chi connectivity index (χ4v) is 3.37. The van der Waals surface area contributed by atoms with Gasteiger partial charge >= 0.3 is 0 Å². The zero-order chi connectivity index (χ0) is 19.2. The van der Waals surface area contributed by atoms with Crippen LogP contribution in [0.5, 0.6) is 11.5 Å². The zero-order valence-corrected chi connectivity index (χ0v) is 15.9. The molecule has 2 aliphatic rings. The number of ether oxygens (including phenoxy) is 2. The highest BCUT2D eigenvalue weighted by atomic mass is 16.7. The van der Waals surface area contributed by atoms with Crippen LogP contribution in [0.2, 0.25) is 0 Å². The Labute approximate surface area is 160 Å². The summed E-state index contributed by atoms with van der Waals surface area (Å²) in [5.74, 6) is 1.67. The summed E-state index contributed by atoms with van der Waals surface area (Å²) in [6, 6.07) is 6.03. The first-order valence-electron chi connectivity index (χ1n) is 9.32. The molecule has 7 heteroatoms. The highest BCUT2D eigenvalue weighted by molar-refractivity contribution is 5.78. The fraction of sp³-hybridized carbons (Fsp3) is 0.500. The average Bonchev–Trinajstić information content (AvgIpc) is 3.13. The van der Waals surface area contributed by atoms with E-state index in [2.05, 4.69) is 17.5 Å². The van der Waals surface area contributed by atoms with E-state index in [9.17, 15) is 9.59 Å². The number of rotatable bonds is 7. The van der Waals surface area contributed by atoms with E-state index in [4.69, 9.17) is 9.47 Å². The Morgan fingerprint density at radius 2 is 1.93 bits per heavy atom. The Hall–Kier alpha value is -2.54. The van der Waals surface area contributed by atoms with E-state index in [0.29, 0.717) is 32.6 Å². The van der Waals surface area contributed by atoms with Crippen LogP contribution in [0.1, 0.15) is 18.9 Å². The maximum Gasteiger partial charge on any atom is 0.231 e. The van der Waals surface area contributed by atoms with Crippen molar-refractivity contribution in [1.82, 2.24) is 14.7 Å². The van der Waals surface area contributed by atoms with Crippen LogP contribution in [0.3, 0.4) is 0 Å². The maximum atomic E-state index is 12.4. The SMILES string of the molecule is C=CCN(CCC(=O)N1CCN(Cc2ccc3c(c2)OCO3)CC1)C(C)=O. The summed E-state index contributed by atoms with van der Waals surface area (Å²) in [7, 11) is 0. The molecule has 1 fully saturated rings. The zero-order valence-electron chi connectivity index (χ0n) is 15.9. The highest BCUT2D eigenvalue weighted by Crippen LogP contribution is 2.32. The smallest absolute Gasteiger partial charge is 0.231 e. The molecule has 1 saturated heterocycles. The molecule has 2 aliphatic heterocycles. The highest BCUT2D eigenvalue weighted by Gasteiger charge is 2.22. The van der Waals surface area contributed by atoms with Gasteiger partial charge in [0.2, 0.25) is 18.6 Å². The van der Waals surface area contributed by atoms with E-state index in [1.807, 2.05) is 17.0 Å². The average molecular weight is 373 g/mol. The van der Waals surface area contributed by atoms with E-state index < -0.39 is 0 Å². The summed E-state index contributed by atoms with van der Waals surface area (Å²) in [5.41, 5.74) is 1.18. The number of carbonyl (C=O) groups excluding carboxylic acids is 2. The van der Waals surface area contributed by atoms with Crippen LogP contribution in [0.4, 0.5) is 0 Å². The van der Waals surface area contributed by atoms with Gasteiger partial charge in [-0.2, -0.15) is 0 Å². The molecule has 2 amide bonds. The molecule has 146 valence electrons. The molecule has 1 aromatic rings. The van der Waals surface area contributed by atoms with Gasteiger partial charge in [0.05, 0.1) is 0 Å². The van der Waals surface area contributed by atoms with E-state index in [0.717, 1.165) is 31.1 Å². The summed E-state index contributed by atoms with van der Waals surface area (Å²) in [4.78, 5) is 29.8. The van der Waals surface area contributed by atoms with Crippen molar-refractivity contribution in [3.8, 4) is 11.5 Å². The Morgan fingerprint density at radius 1 is 1.19 bits per heavy atom. The summed E-state index contributed by atoms with van der Waals surface area (Å²) >= 11 is 0. The Kier molecular flexibility index (Phi) is 6.34. The number of nitrogens with zero attached hydrogens (tertiary/aromatic N) is 3. The van der Waals surface area contributed by atoms with Gasteiger partial charge in [0, 0.05) is 59.2 Å². The van der Waals surface area contributed by atoms with Crippen LogP contribution < -0.4 is 9.47 Å². The molecule has 2 heterocycles.